The molecule has 0 radical (unpaired) electrons. The van der Waals surface area contributed by atoms with Gasteiger partial charge in [0.05, 0.1) is 38.1 Å². The van der Waals surface area contributed by atoms with Crippen molar-refractivity contribution in [3.63, 3.8) is 0 Å². The Morgan fingerprint density at radius 3 is 2.74 bits per heavy atom. The first-order chi connectivity index (χ1) is 13.1. The predicted octanol–water partition coefficient (Wildman–Crippen LogP) is 1.94. The van der Waals surface area contributed by atoms with Gasteiger partial charge in [-0.1, -0.05) is 0 Å². The van der Waals surface area contributed by atoms with Crippen LogP contribution in [0.15, 0.2) is 30.5 Å². The average molecular weight is 369 g/mol. The van der Waals surface area contributed by atoms with E-state index in [2.05, 4.69) is 10.4 Å². The highest BCUT2D eigenvalue weighted by atomic mass is 16.3. The van der Waals surface area contributed by atoms with Crippen LogP contribution in [0.5, 0.6) is 0 Å². The molecule has 1 atom stereocenters. The van der Waals surface area contributed by atoms with Crippen LogP contribution in [0, 0.1) is 0 Å². The number of nitrogens with one attached hydrogen (secondary N) is 1. The Labute approximate surface area is 157 Å². The topological polar surface area (TPSA) is 90.7 Å². The van der Waals surface area contributed by atoms with Gasteiger partial charge >= 0.3 is 6.03 Å². The third-order valence-corrected chi connectivity index (χ3v) is 5.22. The van der Waals surface area contributed by atoms with Crippen LogP contribution in [0.3, 0.4) is 0 Å². The van der Waals surface area contributed by atoms with Gasteiger partial charge in [0.15, 0.2) is 0 Å². The van der Waals surface area contributed by atoms with E-state index in [9.17, 15) is 9.59 Å². The van der Waals surface area contributed by atoms with Crippen LogP contribution >= 0.6 is 0 Å². The van der Waals surface area contributed by atoms with E-state index in [0.29, 0.717) is 31.7 Å². The number of amides is 3. The molecule has 27 heavy (non-hydrogen) atoms. The fourth-order valence-electron chi connectivity index (χ4n) is 3.77. The summed E-state index contributed by atoms with van der Waals surface area (Å²) in [6.07, 6.45) is 3.21. The van der Waals surface area contributed by atoms with Crippen LogP contribution in [0.25, 0.3) is 0 Å². The van der Waals surface area contributed by atoms with E-state index in [0.717, 1.165) is 23.4 Å². The summed E-state index contributed by atoms with van der Waals surface area (Å²) in [6.45, 7) is 3.47. The van der Waals surface area contributed by atoms with E-state index >= 15 is 0 Å². The molecular formula is C19H23N5O3. The van der Waals surface area contributed by atoms with Crippen molar-refractivity contribution in [2.45, 2.75) is 45.4 Å². The van der Waals surface area contributed by atoms with Crippen LogP contribution < -0.4 is 10.2 Å². The number of urea groups is 1. The van der Waals surface area contributed by atoms with E-state index in [4.69, 9.17) is 5.11 Å². The maximum atomic E-state index is 12.6. The van der Waals surface area contributed by atoms with Crippen molar-refractivity contribution in [3.05, 3.63) is 41.7 Å². The molecule has 3 heterocycles. The lowest BCUT2D eigenvalue weighted by atomic mass is 10.2. The second-order valence-electron chi connectivity index (χ2n) is 7.05. The molecule has 8 heteroatoms. The van der Waals surface area contributed by atoms with Gasteiger partial charge in [0.2, 0.25) is 5.91 Å². The fourth-order valence-corrected chi connectivity index (χ4v) is 3.77. The van der Waals surface area contributed by atoms with Crippen molar-refractivity contribution in [3.8, 4) is 0 Å². The number of carbonyl (C=O) groups is 2. The summed E-state index contributed by atoms with van der Waals surface area (Å²) in [5.41, 5.74) is 3.53. The first-order valence-electron chi connectivity index (χ1n) is 9.19. The van der Waals surface area contributed by atoms with Crippen molar-refractivity contribution in [2.75, 3.05) is 16.8 Å². The highest BCUT2D eigenvalue weighted by Gasteiger charge is 2.29. The molecule has 3 amide bonds. The number of anilines is 2. The van der Waals surface area contributed by atoms with Crippen LogP contribution in [-0.4, -0.2) is 44.4 Å². The lowest BCUT2D eigenvalue weighted by Crippen LogP contribution is -2.31. The zero-order valence-electron chi connectivity index (χ0n) is 15.3. The van der Waals surface area contributed by atoms with E-state index in [1.165, 1.54) is 0 Å². The van der Waals surface area contributed by atoms with Crippen molar-refractivity contribution >= 4 is 23.3 Å². The molecule has 1 fully saturated rings. The molecule has 0 saturated carbocycles. The van der Waals surface area contributed by atoms with Gasteiger partial charge in [-0.3, -0.25) is 9.48 Å². The molecule has 2 N–H and O–H groups in total. The van der Waals surface area contributed by atoms with Gasteiger partial charge < -0.3 is 20.2 Å². The summed E-state index contributed by atoms with van der Waals surface area (Å²) in [5.74, 6) is 0.144. The highest BCUT2D eigenvalue weighted by Crippen LogP contribution is 2.28. The van der Waals surface area contributed by atoms with E-state index in [1.807, 2.05) is 36.1 Å². The van der Waals surface area contributed by atoms with Gasteiger partial charge in [0.1, 0.15) is 0 Å². The standard InChI is InChI=1S/C19H23N5O3/c1-13-2-7-18(26)24(13)16-5-3-15(4-6-16)21-19(27)22-11-14-10-20-23(8-9-25)17(14)12-22/h3-6,10,13,25H,2,7-9,11-12H2,1H3,(H,21,27). The zero-order valence-corrected chi connectivity index (χ0v) is 15.3. The molecule has 0 spiro atoms. The normalized spacial score (nSPS) is 18.9. The third-order valence-electron chi connectivity index (χ3n) is 5.22. The quantitative estimate of drug-likeness (QED) is 0.862. The Balaban J connectivity index is 1.40. The second-order valence-corrected chi connectivity index (χ2v) is 7.05. The molecule has 8 nitrogen and oxygen atoms in total. The average Bonchev–Trinajstić information content (AvgIpc) is 3.32. The highest BCUT2D eigenvalue weighted by molar-refractivity contribution is 5.96. The monoisotopic (exact) mass is 369 g/mol. The number of aliphatic hydroxyl groups excluding tert-OH is 1. The molecule has 2 aromatic rings. The second kappa shape index (κ2) is 7.03. The zero-order chi connectivity index (χ0) is 19.0. The smallest absolute Gasteiger partial charge is 0.322 e. The summed E-state index contributed by atoms with van der Waals surface area (Å²) >= 11 is 0. The molecule has 0 bridgehead atoms. The van der Waals surface area contributed by atoms with Gasteiger partial charge in [0.25, 0.3) is 0 Å². The minimum Gasteiger partial charge on any atom is -0.394 e. The van der Waals surface area contributed by atoms with Crippen molar-refractivity contribution in [2.24, 2.45) is 0 Å². The number of carbonyl (C=O) groups excluding carboxylic acids is 2. The van der Waals surface area contributed by atoms with Crippen molar-refractivity contribution in [1.82, 2.24) is 14.7 Å². The van der Waals surface area contributed by atoms with Crippen molar-refractivity contribution < 1.29 is 14.7 Å². The minimum atomic E-state index is -0.180. The molecule has 1 aromatic heterocycles. The lowest BCUT2D eigenvalue weighted by molar-refractivity contribution is -0.117. The number of aliphatic hydroxyl groups is 1. The number of aromatic nitrogens is 2. The van der Waals surface area contributed by atoms with Crippen LogP contribution in [0.4, 0.5) is 16.2 Å². The van der Waals surface area contributed by atoms with Crippen LogP contribution in [0.2, 0.25) is 0 Å². The van der Waals surface area contributed by atoms with Crippen molar-refractivity contribution in [1.29, 1.82) is 0 Å². The van der Waals surface area contributed by atoms with E-state index in [1.54, 1.807) is 15.8 Å². The SMILES string of the molecule is CC1CCC(=O)N1c1ccc(NC(=O)N2Cc3cnn(CCO)c3C2)cc1. The number of nitrogens with zero attached hydrogens (tertiary/aromatic N) is 4. The summed E-state index contributed by atoms with van der Waals surface area (Å²) in [4.78, 5) is 28.1. The van der Waals surface area contributed by atoms with Gasteiger partial charge in [-0.25, -0.2) is 4.79 Å². The molecular weight excluding hydrogens is 346 g/mol. The fraction of sp³-hybridized carbons (Fsp3) is 0.421. The van der Waals surface area contributed by atoms with E-state index in [-0.39, 0.29) is 24.6 Å². The predicted molar refractivity (Wildman–Crippen MR) is 100 cm³/mol. The molecule has 1 saturated heterocycles. The molecule has 0 aliphatic carbocycles. The molecule has 4 rings (SSSR count). The number of hydrogen-bond donors (Lipinski definition) is 2. The number of rotatable bonds is 4. The van der Waals surface area contributed by atoms with Gasteiger partial charge in [0, 0.05) is 29.4 Å². The first kappa shape index (κ1) is 17.5. The van der Waals surface area contributed by atoms with E-state index < -0.39 is 0 Å². The molecule has 1 aromatic carbocycles. The summed E-state index contributed by atoms with van der Waals surface area (Å²) < 4.78 is 1.74. The third kappa shape index (κ3) is 3.28. The maximum absolute atomic E-state index is 12.6. The number of benzene rings is 1. The molecule has 2 aliphatic heterocycles. The van der Waals surface area contributed by atoms with Gasteiger partial charge in [-0.2, -0.15) is 5.10 Å². The minimum absolute atomic E-state index is 0.0187. The summed E-state index contributed by atoms with van der Waals surface area (Å²) in [5, 5.41) is 16.2. The van der Waals surface area contributed by atoms with Crippen LogP contribution in [0.1, 0.15) is 31.0 Å². The number of fused-ring (bicyclic) bond motifs is 1. The Morgan fingerprint density at radius 2 is 2.07 bits per heavy atom. The Bertz CT molecular complexity index is 861. The lowest BCUT2D eigenvalue weighted by Gasteiger charge is -2.22. The Morgan fingerprint density at radius 1 is 1.30 bits per heavy atom. The largest absolute Gasteiger partial charge is 0.394 e. The number of hydrogen-bond acceptors (Lipinski definition) is 4. The molecule has 2 aliphatic rings. The van der Waals surface area contributed by atoms with Gasteiger partial charge in [-0.05, 0) is 37.6 Å². The first-order valence-corrected chi connectivity index (χ1v) is 9.19. The Kier molecular flexibility index (Phi) is 4.57. The maximum Gasteiger partial charge on any atom is 0.322 e. The van der Waals surface area contributed by atoms with Crippen LogP contribution in [-0.2, 0) is 24.4 Å². The molecule has 1 unspecified atom stereocenters. The molecule has 142 valence electrons. The summed E-state index contributed by atoms with van der Waals surface area (Å²) in [7, 11) is 0. The summed E-state index contributed by atoms with van der Waals surface area (Å²) in [6, 6.07) is 7.41. The van der Waals surface area contributed by atoms with Gasteiger partial charge in [-0.15, -0.1) is 0 Å². The Hall–Kier alpha value is -2.87.